The van der Waals surface area contributed by atoms with Crippen molar-refractivity contribution in [1.29, 1.82) is 0 Å². The van der Waals surface area contributed by atoms with Gasteiger partial charge < -0.3 is 10.2 Å². The van der Waals surface area contributed by atoms with Crippen LogP contribution in [0.4, 0.5) is 5.82 Å². The lowest BCUT2D eigenvalue weighted by molar-refractivity contribution is 0.561. The van der Waals surface area contributed by atoms with Gasteiger partial charge in [0.15, 0.2) is 11.5 Å². The number of nitrogens with two attached hydrogens (primary N) is 1. The number of rotatable bonds is 1. The molecule has 0 saturated heterocycles. The molecule has 2 N–H and O–H groups in total. The van der Waals surface area contributed by atoms with Crippen molar-refractivity contribution in [3.63, 3.8) is 0 Å². The summed E-state index contributed by atoms with van der Waals surface area (Å²) in [7, 11) is 1.81. The van der Waals surface area contributed by atoms with Crippen LogP contribution in [-0.4, -0.2) is 14.8 Å². The molecule has 1 aromatic carbocycles. The zero-order chi connectivity index (χ0) is 12.0. The minimum Gasteiger partial charge on any atom is -0.441 e. The SMILES string of the molecule is Cc1nc2c(-c3cc(N)n(C)n3)cccc2o1. The van der Waals surface area contributed by atoms with Gasteiger partial charge >= 0.3 is 0 Å². The third-order valence-corrected chi connectivity index (χ3v) is 2.72. The first-order valence-corrected chi connectivity index (χ1v) is 5.31. The zero-order valence-corrected chi connectivity index (χ0v) is 9.64. The molecule has 0 spiro atoms. The van der Waals surface area contributed by atoms with Crippen molar-refractivity contribution in [1.82, 2.24) is 14.8 Å². The summed E-state index contributed by atoms with van der Waals surface area (Å²) in [5.41, 5.74) is 9.12. The second-order valence-electron chi connectivity index (χ2n) is 3.96. The molecule has 0 unspecified atom stereocenters. The molecule has 0 bridgehead atoms. The number of hydrogen-bond acceptors (Lipinski definition) is 4. The van der Waals surface area contributed by atoms with Crippen LogP contribution >= 0.6 is 0 Å². The van der Waals surface area contributed by atoms with Gasteiger partial charge in [0.2, 0.25) is 0 Å². The van der Waals surface area contributed by atoms with Gasteiger partial charge in [-0.25, -0.2) is 4.98 Å². The summed E-state index contributed by atoms with van der Waals surface area (Å²) in [5.74, 6) is 1.27. The van der Waals surface area contributed by atoms with Crippen LogP contribution in [0.15, 0.2) is 28.7 Å². The van der Waals surface area contributed by atoms with E-state index in [9.17, 15) is 0 Å². The first-order valence-electron chi connectivity index (χ1n) is 5.31. The molecule has 0 atom stereocenters. The van der Waals surface area contributed by atoms with Crippen molar-refractivity contribution in [2.24, 2.45) is 7.05 Å². The number of nitrogen functional groups attached to an aromatic ring is 1. The summed E-state index contributed by atoms with van der Waals surface area (Å²) >= 11 is 0. The minimum absolute atomic E-state index is 0.622. The fraction of sp³-hybridized carbons (Fsp3) is 0.167. The highest BCUT2D eigenvalue weighted by Crippen LogP contribution is 2.28. The number of fused-ring (bicyclic) bond motifs is 1. The highest BCUT2D eigenvalue weighted by atomic mass is 16.3. The Hall–Kier alpha value is -2.30. The van der Waals surface area contributed by atoms with E-state index >= 15 is 0 Å². The first kappa shape index (κ1) is 9.89. The lowest BCUT2D eigenvalue weighted by atomic mass is 10.1. The van der Waals surface area contributed by atoms with Gasteiger partial charge in [-0.15, -0.1) is 0 Å². The zero-order valence-electron chi connectivity index (χ0n) is 9.64. The number of aryl methyl sites for hydroxylation is 2. The summed E-state index contributed by atoms with van der Waals surface area (Å²) < 4.78 is 7.13. The highest BCUT2D eigenvalue weighted by Gasteiger charge is 2.12. The van der Waals surface area contributed by atoms with Crippen molar-refractivity contribution < 1.29 is 4.42 Å². The number of oxazole rings is 1. The van der Waals surface area contributed by atoms with Gasteiger partial charge in [0.1, 0.15) is 11.3 Å². The summed E-state index contributed by atoms with van der Waals surface area (Å²) in [6.07, 6.45) is 0. The molecule has 0 aliphatic carbocycles. The molecule has 0 saturated carbocycles. The summed E-state index contributed by atoms with van der Waals surface area (Å²) in [6.45, 7) is 1.83. The summed E-state index contributed by atoms with van der Waals surface area (Å²) in [6, 6.07) is 7.61. The van der Waals surface area contributed by atoms with Crippen molar-refractivity contribution in [2.75, 3.05) is 5.73 Å². The number of anilines is 1. The Morgan fingerprint density at radius 1 is 1.35 bits per heavy atom. The van der Waals surface area contributed by atoms with Crippen molar-refractivity contribution >= 4 is 16.9 Å². The van der Waals surface area contributed by atoms with Crippen LogP contribution in [0.2, 0.25) is 0 Å². The molecule has 0 aliphatic rings. The number of aromatic nitrogens is 3. The van der Waals surface area contributed by atoms with Gasteiger partial charge in [0, 0.05) is 25.6 Å². The van der Waals surface area contributed by atoms with E-state index in [1.807, 2.05) is 38.2 Å². The van der Waals surface area contributed by atoms with Crippen LogP contribution < -0.4 is 5.73 Å². The fourth-order valence-electron chi connectivity index (χ4n) is 1.88. The molecule has 0 fully saturated rings. The average molecular weight is 228 g/mol. The van der Waals surface area contributed by atoms with Crippen molar-refractivity contribution in [3.05, 3.63) is 30.2 Å². The highest BCUT2D eigenvalue weighted by molar-refractivity contribution is 5.90. The van der Waals surface area contributed by atoms with E-state index in [-0.39, 0.29) is 0 Å². The Kier molecular flexibility index (Phi) is 1.95. The molecule has 2 heterocycles. The second kappa shape index (κ2) is 3.35. The maximum atomic E-state index is 5.78. The van der Waals surface area contributed by atoms with Crippen LogP contribution in [0.3, 0.4) is 0 Å². The Labute approximate surface area is 97.9 Å². The Balaban J connectivity index is 2.29. The maximum absolute atomic E-state index is 5.78. The van der Waals surface area contributed by atoms with E-state index < -0.39 is 0 Å². The third kappa shape index (κ3) is 1.47. The molecular formula is C12H12N4O. The second-order valence-corrected chi connectivity index (χ2v) is 3.96. The Bertz CT molecular complexity index is 676. The van der Waals surface area contributed by atoms with Crippen molar-refractivity contribution in [2.45, 2.75) is 6.92 Å². The van der Waals surface area contributed by atoms with Gasteiger partial charge in [0.25, 0.3) is 0 Å². The Morgan fingerprint density at radius 3 is 2.88 bits per heavy atom. The summed E-state index contributed by atoms with van der Waals surface area (Å²) in [4.78, 5) is 4.37. The van der Waals surface area contributed by atoms with Crippen LogP contribution in [-0.2, 0) is 7.05 Å². The molecule has 2 aromatic heterocycles. The van der Waals surface area contributed by atoms with Crippen molar-refractivity contribution in [3.8, 4) is 11.3 Å². The molecular weight excluding hydrogens is 216 g/mol. The van der Waals surface area contributed by atoms with Crippen LogP contribution in [0, 0.1) is 6.92 Å². The third-order valence-electron chi connectivity index (χ3n) is 2.72. The largest absolute Gasteiger partial charge is 0.441 e. The lowest BCUT2D eigenvalue weighted by Gasteiger charge is -1.96. The van der Waals surface area contributed by atoms with Crippen LogP contribution in [0.1, 0.15) is 5.89 Å². The molecule has 0 aliphatic heterocycles. The van der Waals surface area contributed by atoms with E-state index in [4.69, 9.17) is 10.2 Å². The first-order chi connectivity index (χ1) is 8.15. The van der Waals surface area contributed by atoms with Gasteiger partial charge in [-0.1, -0.05) is 12.1 Å². The smallest absolute Gasteiger partial charge is 0.192 e. The molecule has 5 nitrogen and oxygen atoms in total. The number of nitrogens with zero attached hydrogens (tertiary/aromatic N) is 3. The van der Waals surface area contributed by atoms with Gasteiger partial charge in [-0.3, -0.25) is 4.68 Å². The average Bonchev–Trinajstić information content (AvgIpc) is 2.81. The van der Waals surface area contributed by atoms with E-state index in [2.05, 4.69) is 10.1 Å². The quantitative estimate of drug-likeness (QED) is 0.692. The molecule has 86 valence electrons. The molecule has 3 aromatic rings. The topological polar surface area (TPSA) is 69.9 Å². The van der Waals surface area contributed by atoms with Gasteiger partial charge in [0.05, 0.1) is 5.69 Å². The normalized spacial score (nSPS) is 11.2. The van der Waals surface area contributed by atoms with E-state index in [1.165, 1.54) is 0 Å². The van der Waals surface area contributed by atoms with E-state index in [1.54, 1.807) is 4.68 Å². The monoisotopic (exact) mass is 228 g/mol. The number of para-hydroxylation sites is 1. The van der Waals surface area contributed by atoms with E-state index in [0.29, 0.717) is 11.7 Å². The van der Waals surface area contributed by atoms with Gasteiger partial charge in [-0.2, -0.15) is 5.10 Å². The van der Waals surface area contributed by atoms with Gasteiger partial charge in [-0.05, 0) is 6.07 Å². The predicted octanol–water partition coefficient (Wildman–Crippen LogP) is 2.12. The number of benzene rings is 1. The van der Waals surface area contributed by atoms with Crippen LogP contribution in [0.25, 0.3) is 22.4 Å². The number of hydrogen-bond donors (Lipinski definition) is 1. The molecule has 3 rings (SSSR count). The molecule has 0 amide bonds. The molecule has 17 heavy (non-hydrogen) atoms. The minimum atomic E-state index is 0.622. The fourth-order valence-corrected chi connectivity index (χ4v) is 1.88. The van der Waals surface area contributed by atoms with E-state index in [0.717, 1.165) is 22.4 Å². The van der Waals surface area contributed by atoms with Crippen LogP contribution in [0.5, 0.6) is 0 Å². The lowest BCUT2D eigenvalue weighted by Crippen LogP contribution is -1.96. The summed E-state index contributed by atoms with van der Waals surface area (Å²) in [5, 5.41) is 4.35. The predicted molar refractivity (Wildman–Crippen MR) is 65.4 cm³/mol. The molecule has 5 heteroatoms. The Morgan fingerprint density at radius 2 is 2.18 bits per heavy atom. The maximum Gasteiger partial charge on any atom is 0.192 e. The standard InChI is InChI=1S/C12H12N4O/c1-7-14-12-8(4-3-5-10(12)17-7)9-6-11(13)16(2)15-9/h3-6H,13H2,1-2H3. The molecule has 0 radical (unpaired) electrons.